The van der Waals surface area contributed by atoms with Crippen molar-refractivity contribution in [2.75, 3.05) is 53.0 Å². The van der Waals surface area contributed by atoms with Gasteiger partial charge in [-0.1, -0.05) is 34.8 Å². The molecule has 16 rings (SSSR count). The van der Waals surface area contributed by atoms with Gasteiger partial charge in [0.2, 0.25) is 17.8 Å². The van der Waals surface area contributed by atoms with Crippen molar-refractivity contribution in [3.8, 4) is 0 Å². The fourth-order valence-corrected chi connectivity index (χ4v) is 18.2. The zero-order chi connectivity index (χ0) is 101. The van der Waals surface area contributed by atoms with Crippen molar-refractivity contribution in [3.05, 3.63) is 215 Å². The molecule has 1 aromatic carbocycles. The fourth-order valence-electron chi connectivity index (χ4n) is 11.0. The predicted octanol–water partition coefficient (Wildman–Crippen LogP) is 17.8. The lowest BCUT2D eigenvalue weighted by Crippen LogP contribution is -2.36. The smallest absolute Gasteiger partial charge is 0.414 e. The van der Waals surface area contributed by atoms with E-state index >= 15 is 0 Å². The minimum absolute atomic E-state index is 0.0225. The highest BCUT2D eigenvalue weighted by Gasteiger charge is 2.31. The number of fused-ring (bicyclic) bond motifs is 5. The molecule has 0 bridgehead atoms. The highest BCUT2D eigenvalue weighted by molar-refractivity contribution is 7.22. The van der Waals surface area contributed by atoms with Crippen molar-refractivity contribution in [2.45, 2.75) is 90.1 Å². The number of halogens is 7. The van der Waals surface area contributed by atoms with Crippen LogP contribution in [0.2, 0.25) is 0 Å². The molecule has 1 aliphatic carbocycles. The van der Waals surface area contributed by atoms with E-state index in [1.165, 1.54) is 81.4 Å². The van der Waals surface area contributed by atoms with Crippen molar-refractivity contribution < 1.29 is 126 Å². The standard InChI is InChI=1S/C18H15F2N3O4S2.C17H15F2N5O4S.C17H14F2N4O4S2.C17H14N4O4S2.C15H11FN4O4S2/c1-18(19,20)7-8-27-17(26)23-13(24)10-6-9-28-15(10)22-14(25)16-21-11-4-2-3-5-12(11)29-16;1-17(18,19)4-6-28-16(27)23-14(26)11-3-7-29-15(11)22-13(25)10-8-20-12-2-5-21-24(12)9-10;1-17(18,19)4-6-27-16(26)23-12(24)9-3-7-28-14(9)22-13(25)15-21-10-2-5-20-8-11(10)29-15;22-13(21-17(24)25-9-2-1-3-9)10-5-7-26-15(10)20-14(23)16-19-11-8-18-6-4-12(11)27-16;1-2-24-15(23)20-10(21)7-6-9(16)25-12(7)19-11(22)14-18-8-4-3-5-17-13(8)26-14/h2-6,9H,7-8H2,1H3,(H,22,25)(H,23,24,26);2-3,5,7-9H,4,6H2,1H3,(H,22,25)(H,23,26,27);2-3,5,7-8H,4,6H2,1H3,(H,22,25)(H,23,24,26);4-9H,1-3H2,(H,20,23)(H,21,22,24);3-6H,2H2,1H3,(H,19,22)(H,20,21,23). The van der Waals surface area contributed by atoms with Gasteiger partial charge in [0.05, 0.1) is 97.3 Å². The van der Waals surface area contributed by atoms with E-state index < -0.39 is 152 Å². The van der Waals surface area contributed by atoms with Gasteiger partial charge in [-0.2, -0.15) is 9.49 Å². The van der Waals surface area contributed by atoms with E-state index in [1.54, 1.807) is 95.8 Å². The van der Waals surface area contributed by atoms with E-state index in [1.807, 2.05) is 39.5 Å². The van der Waals surface area contributed by atoms with Crippen LogP contribution >= 0.6 is 102 Å². The molecule has 14 heterocycles. The number of alkyl carbamates (subject to hydrolysis) is 5. The third-order valence-electron chi connectivity index (χ3n) is 17.9. The summed E-state index contributed by atoms with van der Waals surface area (Å²) in [6.45, 7) is 2.12. The maximum absolute atomic E-state index is 13.6. The van der Waals surface area contributed by atoms with E-state index in [-0.39, 0.29) is 86.1 Å². The van der Waals surface area contributed by atoms with Gasteiger partial charge in [0.15, 0.2) is 30.8 Å². The van der Waals surface area contributed by atoms with Crippen LogP contribution < -0.4 is 53.2 Å². The Labute approximate surface area is 817 Å². The van der Waals surface area contributed by atoms with Gasteiger partial charge in [0.25, 0.3) is 59.1 Å². The minimum atomic E-state index is -2.98. The summed E-state index contributed by atoms with van der Waals surface area (Å²) in [5.41, 5.74) is 3.39. The molecule has 0 unspecified atom stereocenters. The average Bonchev–Trinajstić information content (AvgIpc) is 1.68. The van der Waals surface area contributed by atoms with E-state index in [0.717, 1.165) is 96.1 Å². The van der Waals surface area contributed by atoms with Crippen molar-refractivity contribution >= 4 is 263 Å². The zero-order valence-corrected chi connectivity index (χ0v) is 79.5. The molecule has 10 N–H and O–H groups in total. The number of hydrogen-bond donors (Lipinski definition) is 10. The Kier molecular flexibility index (Phi) is 35.4. The lowest BCUT2D eigenvalue weighted by Gasteiger charge is -2.24. The SMILES string of the molecule is CC(F)(F)CCOC(=O)NC(=O)c1ccsc1NC(=O)c1cnc2ccnn2c1.CC(F)(F)CCOC(=O)NC(=O)c1ccsc1NC(=O)c1nc2ccccc2s1.CC(F)(F)CCOC(=O)NC(=O)c1ccsc1NC(=O)c1nc2ccncc2s1.CCOC(=O)NC(=O)c1cc(F)sc1NC(=O)c1nc2cccnc2s1.O=C(NC(=O)c1ccsc1NC(=O)c1nc2cnccc2s1)OC1CCC1. The second-order valence-corrected chi connectivity index (χ2v) is 37.3. The van der Waals surface area contributed by atoms with Crippen molar-refractivity contribution in [3.63, 3.8) is 0 Å². The first-order valence-corrected chi connectivity index (χ1v) is 47.9. The number of nitrogens with zero attached hydrogens (tertiary/aromatic N) is 10. The summed E-state index contributed by atoms with van der Waals surface area (Å²) >= 11 is 9.63. The Morgan fingerprint density at radius 2 is 0.814 bits per heavy atom. The monoisotopic (exact) mass is 2100 g/mol. The number of para-hydroxylation sites is 1. The topological polar surface area (TPSA) is 543 Å². The van der Waals surface area contributed by atoms with Gasteiger partial charge < -0.3 is 50.3 Å². The number of imide groups is 5. The summed E-state index contributed by atoms with van der Waals surface area (Å²) < 4.78 is 117. The number of benzene rings is 1. The average molecular weight is 2100 g/mol. The maximum atomic E-state index is 13.6. The first-order valence-electron chi connectivity index (χ1n) is 40.3. The van der Waals surface area contributed by atoms with Crippen LogP contribution in [0.25, 0.3) is 46.6 Å². The molecule has 0 saturated heterocycles. The van der Waals surface area contributed by atoms with Crippen LogP contribution in [-0.2, 0) is 23.7 Å². The Balaban J connectivity index is 0.000000157. The van der Waals surface area contributed by atoms with Crippen LogP contribution in [0.3, 0.4) is 0 Å². The maximum Gasteiger partial charge on any atom is 0.414 e. The predicted molar refractivity (Wildman–Crippen MR) is 504 cm³/mol. The van der Waals surface area contributed by atoms with E-state index in [2.05, 4.69) is 95.8 Å². The van der Waals surface area contributed by atoms with Crippen LogP contribution in [0.4, 0.5) is 79.7 Å². The molecule has 40 nitrogen and oxygen atoms in total. The second-order valence-electron chi connectivity index (χ2n) is 28.6. The normalized spacial score (nSPS) is 11.6. The Morgan fingerprint density at radius 1 is 0.400 bits per heavy atom. The van der Waals surface area contributed by atoms with Gasteiger partial charge in [-0.3, -0.25) is 84.5 Å². The minimum Gasteiger partial charge on any atom is -0.450 e. The molecule has 14 aromatic heterocycles. The number of alkyl halides is 6. The molecule has 728 valence electrons. The first kappa shape index (κ1) is 104. The lowest BCUT2D eigenvalue weighted by atomic mass is 9.96. The number of rotatable bonds is 26. The number of anilines is 5. The summed E-state index contributed by atoms with van der Waals surface area (Å²) in [4.78, 5) is 215. The van der Waals surface area contributed by atoms with Crippen LogP contribution in [0.5, 0.6) is 0 Å². The van der Waals surface area contributed by atoms with Crippen LogP contribution in [0.1, 0.15) is 168 Å². The molecule has 0 radical (unpaired) electrons. The Hall–Kier alpha value is -15.1. The zero-order valence-electron chi connectivity index (χ0n) is 72.1. The molecule has 15 amide bonds. The fraction of sp³-hybridized carbons (Fsp3) is 0.214. The summed E-state index contributed by atoms with van der Waals surface area (Å²) in [5.74, 6) is -15.5. The highest BCUT2D eigenvalue weighted by atomic mass is 32.1. The molecule has 1 saturated carbocycles. The summed E-state index contributed by atoms with van der Waals surface area (Å²) in [5, 5.41) is 34.1. The van der Waals surface area contributed by atoms with Crippen molar-refractivity contribution in [2.24, 2.45) is 0 Å². The largest absolute Gasteiger partial charge is 0.450 e. The van der Waals surface area contributed by atoms with E-state index in [0.29, 0.717) is 69.7 Å². The molecule has 1 aliphatic rings. The molecular weight excluding hydrogens is 2030 g/mol. The van der Waals surface area contributed by atoms with Gasteiger partial charge >= 0.3 is 30.5 Å². The van der Waals surface area contributed by atoms with Gasteiger partial charge in [-0.05, 0) is 129 Å². The summed E-state index contributed by atoms with van der Waals surface area (Å²) in [6.07, 6.45) is 7.70. The quantitative estimate of drug-likeness (QED) is 0.0178. The number of hydrogen-bond acceptors (Lipinski definition) is 38. The number of pyridine rings is 3. The van der Waals surface area contributed by atoms with Gasteiger partial charge in [-0.15, -0.1) is 79.4 Å². The molecule has 1 fully saturated rings. The summed E-state index contributed by atoms with van der Waals surface area (Å²) in [6, 6.07) is 22.5. The molecule has 0 aliphatic heterocycles. The van der Waals surface area contributed by atoms with Crippen LogP contribution in [0, 0.1) is 5.13 Å². The van der Waals surface area contributed by atoms with Crippen LogP contribution in [-0.4, -0.2) is 189 Å². The van der Waals surface area contributed by atoms with Gasteiger partial charge in [0, 0.05) is 68.6 Å². The molecule has 140 heavy (non-hydrogen) atoms. The van der Waals surface area contributed by atoms with Crippen molar-refractivity contribution in [1.82, 2.24) is 76.1 Å². The Morgan fingerprint density at radius 3 is 1.28 bits per heavy atom. The third kappa shape index (κ3) is 30.2. The van der Waals surface area contributed by atoms with E-state index in [9.17, 15) is 103 Å². The highest BCUT2D eigenvalue weighted by Crippen LogP contribution is 2.34. The number of aromatic nitrogens is 10. The summed E-state index contributed by atoms with van der Waals surface area (Å²) in [7, 11) is 0. The Bertz CT molecular complexity index is 6700. The van der Waals surface area contributed by atoms with Crippen molar-refractivity contribution in [1.29, 1.82) is 0 Å². The molecule has 15 aromatic rings. The number of nitrogens with one attached hydrogen (secondary N) is 10. The number of thiophene rings is 5. The van der Waals surface area contributed by atoms with Gasteiger partial charge in [-0.25, -0.2) is 84.7 Å². The van der Waals surface area contributed by atoms with E-state index in [4.69, 9.17) is 4.74 Å². The number of thiazole rings is 4. The number of amides is 15. The number of carbonyl (C=O) groups is 15. The third-order valence-corrected chi connectivity index (χ3v) is 26.1. The molecule has 0 atom stereocenters. The number of carbonyl (C=O) groups excluding carboxylic acids is 15. The van der Waals surface area contributed by atoms with Crippen LogP contribution in [0.15, 0.2) is 156 Å². The lowest BCUT2D eigenvalue weighted by molar-refractivity contribution is -0.00614. The number of ether oxygens (including phenoxy) is 5. The second kappa shape index (κ2) is 47.8. The first-order chi connectivity index (χ1) is 66.7. The van der Waals surface area contributed by atoms with Gasteiger partial charge in [0.1, 0.15) is 47.0 Å². The molecule has 0 spiro atoms. The molecular formula is C84H69F7N20O20S9. The molecule has 56 heteroatoms.